The van der Waals surface area contributed by atoms with Gasteiger partial charge in [-0.15, -0.1) is 0 Å². The van der Waals surface area contributed by atoms with Gasteiger partial charge in [-0.1, -0.05) is 5.16 Å². The predicted molar refractivity (Wildman–Crippen MR) is 67.8 cm³/mol. The molecule has 0 aliphatic rings. The van der Waals surface area contributed by atoms with E-state index < -0.39 is 10.9 Å². The van der Waals surface area contributed by atoms with Gasteiger partial charge < -0.3 is 14.0 Å². The Balaban J connectivity index is 2.22. The molecule has 1 aromatic heterocycles. The maximum absolute atomic E-state index is 11.4. The number of methoxy groups -OCH3 is 1. The molecule has 0 radical (unpaired) electrons. The molecule has 9 heteroatoms. The fourth-order valence-corrected chi connectivity index (χ4v) is 1.57. The first-order chi connectivity index (χ1) is 10.0. The topological polar surface area (TPSA) is 118 Å². The highest BCUT2D eigenvalue weighted by molar-refractivity contribution is 5.90. The van der Waals surface area contributed by atoms with Gasteiger partial charge in [0.2, 0.25) is 0 Å². The van der Waals surface area contributed by atoms with Crippen LogP contribution in [-0.2, 0) is 11.3 Å². The Morgan fingerprint density at radius 2 is 2.24 bits per heavy atom. The molecule has 0 amide bonds. The minimum atomic E-state index is -0.669. The monoisotopic (exact) mass is 293 g/mol. The van der Waals surface area contributed by atoms with E-state index in [9.17, 15) is 14.9 Å². The van der Waals surface area contributed by atoms with Crippen molar-refractivity contribution < 1.29 is 23.7 Å². The van der Waals surface area contributed by atoms with Gasteiger partial charge in [0.05, 0.1) is 17.6 Å². The highest BCUT2D eigenvalue weighted by Crippen LogP contribution is 2.28. The molecule has 1 heterocycles. The normalized spacial score (nSPS) is 10.2. The molecule has 1 aromatic carbocycles. The van der Waals surface area contributed by atoms with Gasteiger partial charge in [0.25, 0.3) is 5.89 Å². The molecule has 0 bridgehead atoms. The molecule has 2 rings (SSSR count). The summed E-state index contributed by atoms with van der Waals surface area (Å²) in [4.78, 5) is 25.6. The molecule has 110 valence electrons. The Hall–Kier alpha value is -2.97. The van der Waals surface area contributed by atoms with E-state index in [2.05, 4.69) is 14.9 Å². The fraction of sp³-hybridized carbons (Fsp3) is 0.250. The average Bonchev–Trinajstić information content (AvgIpc) is 2.89. The van der Waals surface area contributed by atoms with E-state index in [0.29, 0.717) is 5.82 Å². The minimum Gasteiger partial charge on any atom is -0.477 e. The van der Waals surface area contributed by atoms with E-state index in [-0.39, 0.29) is 29.5 Å². The summed E-state index contributed by atoms with van der Waals surface area (Å²) in [6.45, 7) is 1.53. The Kier molecular flexibility index (Phi) is 4.12. The number of nitro benzene ring substituents is 1. The molecule has 0 saturated heterocycles. The smallest absolute Gasteiger partial charge is 0.338 e. The number of esters is 1. The first kappa shape index (κ1) is 14.4. The van der Waals surface area contributed by atoms with E-state index in [1.807, 2.05) is 0 Å². The molecular weight excluding hydrogens is 282 g/mol. The van der Waals surface area contributed by atoms with Crippen LogP contribution in [0.3, 0.4) is 0 Å². The molecule has 0 aliphatic carbocycles. The Morgan fingerprint density at radius 1 is 1.48 bits per heavy atom. The van der Waals surface area contributed by atoms with Crippen LogP contribution in [-0.4, -0.2) is 28.1 Å². The summed E-state index contributed by atoms with van der Waals surface area (Å²) < 4.78 is 14.6. The van der Waals surface area contributed by atoms with Crippen LogP contribution in [0.1, 0.15) is 22.1 Å². The van der Waals surface area contributed by atoms with Gasteiger partial charge in [-0.25, -0.2) is 4.79 Å². The lowest BCUT2D eigenvalue weighted by atomic mass is 10.2. The van der Waals surface area contributed by atoms with Gasteiger partial charge in [0.1, 0.15) is 0 Å². The maximum atomic E-state index is 11.4. The second kappa shape index (κ2) is 5.99. The number of aromatic nitrogens is 2. The molecule has 21 heavy (non-hydrogen) atoms. The van der Waals surface area contributed by atoms with Crippen molar-refractivity contribution in [2.75, 3.05) is 7.11 Å². The van der Waals surface area contributed by atoms with Crippen molar-refractivity contribution in [2.24, 2.45) is 0 Å². The molecule has 0 aliphatic heterocycles. The molecule has 0 spiro atoms. The van der Waals surface area contributed by atoms with E-state index in [4.69, 9.17) is 9.26 Å². The molecule has 0 saturated carbocycles. The SMILES string of the molecule is COC(=O)c1ccc(OCc2nc(C)no2)c([N+](=O)[O-])c1. The van der Waals surface area contributed by atoms with Gasteiger partial charge in [-0.3, -0.25) is 10.1 Å². The molecule has 0 atom stereocenters. The Morgan fingerprint density at radius 3 is 2.81 bits per heavy atom. The predicted octanol–water partition coefficient (Wildman–Crippen LogP) is 1.65. The van der Waals surface area contributed by atoms with Crippen molar-refractivity contribution in [2.45, 2.75) is 13.5 Å². The van der Waals surface area contributed by atoms with Crippen LogP contribution in [0.25, 0.3) is 0 Å². The number of aryl methyl sites for hydroxylation is 1. The van der Waals surface area contributed by atoms with Crippen molar-refractivity contribution in [1.29, 1.82) is 0 Å². The number of benzene rings is 1. The number of hydrogen-bond acceptors (Lipinski definition) is 8. The Bertz CT molecular complexity index is 681. The Labute approximate surface area is 118 Å². The summed E-state index contributed by atoms with van der Waals surface area (Å²) in [5.74, 6) is -0.0522. The molecular formula is C12H11N3O6. The highest BCUT2D eigenvalue weighted by Gasteiger charge is 2.19. The van der Waals surface area contributed by atoms with E-state index in [1.54, 1.807) is 6.92 Å². The fourth-order valence-electron chi connectivity index (χ4n) is 1.57. The maximum Gasteiger partial charge on any atom is 0.338 e. The lowest BCUT2D eigenvalue weighted by Crippen LogP contribution is -2.04. The van der Waals surface area contributed by atoms with E-state index >= 15 is 0 Å². The standard InChI is InChI=1S/C12H11N3O6/c1-7-13-11(21-14-7)6-20-10-4-3-8(12(16)19-2)5-9(10)15(17)18/h3-5H,6H2,1-2H3. The van der Waals surface area contributed by atoms with Gasteiger partial charge >= 0.3 is 11.7 Å². The van der Waals surface area contributed by atoms with Crippen LogP contribution < -0.4 is 4.74 Å². The van der Waals surface area contributed by atoms with Gasteiger partial charge in [-0.05, 0) is 19.1 Å². The number of carbonyl (C=O) groups excluding carboxylic acids is 1. The van der Waals surface area contributed by atoms with Crippen LogP contribution >= 0.6 is 0 Å². The number of carbonyl (C=O) groups is 1. The van der Waals surface area contributed by atoms with Crippen LogP contribution in [0.5, 0.6) is 5.75 Å². The van der Waals surface area contributed by atoms with Gasteiger partial charge in [-0.2, -0.15) is 4.98 Å². The third kappa shape index (κ3) is 3.32. The van der Waals surface area contributed by atoms with Gasteiger partial charge in [0, 0.05) is 6.07 Å². The van der Waals surface area contributed by atoms with E-state index in [1.165, 1.54) is 19.2 Å². The summed E-state index contributed by atoms with van der Waals surface area (Å²) in [6, 6.07) is 3.76. The third-order valence-corrected chi connectivity index (χ3v) is 2.50. The van der Waals surface area contributed by atoms with Crippen LogP contribution in [0.15, 0.2) is 22.7 Å². The first-order valence-corrected chi connectivity index (χ1v) is 5.80. The summed E-state index contributed by atoms with van der Waals surface area (Å²) in [5.41, 5.74) is -0.292. The number of nitrogens with zero attached hydrogens (tertiary/aromatic N) is 3. The van der Waals surface area contributed by atoms with E-state index in [0.717, 1.165) is 6.07 Å². The second-order valence-corrected chi connectivity index (χ2v) is 3.96. The molecule has 2 aromatic rings. The number of rotatable bonds is 5. The third-order valence-electron chi connectivity index (χ3n) is 2.50. The minimum absolute atomic E-state index is 0.0106. The van der Waals surface area contributed by atoms with Crippen molar-refractivity contribution in [1.82, 2.24) is 10.1 Å². The van der Waals surface area contributed by atoms with Crippen LogP contribution in [0.2, 0.25) is 0 Å². The second-order valence-electron chi connectivity index (χ2n) is 3.96. The number of ether oxygens (including phenoxy) is 2. The van der Waals surface area contributed by atoms with Crippen molar-refractivity contribution in [3.63, 3.8) is 0 Å². The summed E-state index contributed by atoms with van der Waals surface area (Å²) in [5, 5.41) is 14.6. The summed E-state index contributed by atoms with van der Waals surface area (Å²) >= 11 is 0. The number of nitro groups is 1. The lowest BCUT2D eigenvalue weighted by Gasteiger charge is -2.05. The van der Waals surface area contributed by atoms with Crippen LogP contribution in [0.4, 0.5) is 5.69 Å². The van der Waals surface area contributed by atoms with Crippen LogP contribution in [0, 0.1) is 17.0 Å². The highest BCUT2D eigenvalue weighted by atomic mass is 16.6. The summed E-state index contributed by atoms with van der Waals surface area (Å²) in [7, 11) is 1.19. The lowest BCUT2D eigenvalue weighted by molar-refractivity contribution is -0.386. The van der Waals surface area contributed by atoms with Crippen molar-refractivity contribution in [3.8, 4) is 5.75 Å². The van der Waals surface area contributed by atoms with Crippen molar-refractivity contribution >= 4 is 11.7 Å². The van der Waals surface area contributed by atoms with Crippen molar-refractivity contribution in [3.05, 3.63) is 45.6 Å². The first-order valence-electron chi connectivity index (χ1n) is 5.80. The zero-order chi connectivity index (χ0) is 15.4. The molecule has 0 unspecified atom stereocenters. The average molecular weight is 293 g/mol. The zero-order valence-electron chi connectivity index (χ0n) is 11.2. The zero-order valence-corrected chi connectivity index (χ0v) is 11.2. The molecule has 0 fully saturated rings. The number of hydrogen-bond donors (Lipinski definition) is 0. The molecule has 9 nitrogen and oxygen atoms in total. The largest absolute Gasteiger partial charge is 0.477 e. The van der Waals surface area contributed by atoms with Gasteiger partial charge in [0.15, 0.2) is 18.2 Å². The quantitative estimate of drug-likeness (QED) is 0.464. The molecule has 0 N–H and O–H groups in total. The summed E-state index contributed by atoms with van der Waals surface area (Å²) in [6.07, 6.45) is 0.